The maximum Gasteiger partial charge on any atom is 0.159 e. The van der Waals surface area contributed by atoms with Crippen molar-refractivity contribution < 1.29 is 0 Å². The van der Waals surface area contributed by atoms with E-state index in [1.165, 1.54) is 58.0 Å². The summed E-state index contributed by atoms with van der Waals surface area (Å²) in [5, 5.41) is 3.41. The zero-order valence-corrected chi connectivity index (χ0v) is 18.1. The van der Waals surface area contributed by atoms with Crippen LogP contribution in [-0.2, 0) is 0 Å². The van der Waals surface area contributed by atoms with Crippen LogP contribution in [-0.4, -0.2) is 19.8 Å². The van der Waals surface area contributed by atoms with Gasteiger partial charge in [-0.2, -0.15) is 0 Å². The van der Waals surface area contributed by atoms with E-state index in [1.807, 2.05) is 13.8 Å². The summed E-state index contributed by atoms with van der Waals surface area (Å²) >= 11 is 0. The van der Waals surface area contributed by atoms with Gasteiger partial charge >= 0.3 is 0 Å². The van der Waals surface area contributed by atoms with E-state index in [0.29, 0.717) is 5.41 Å². The summed E-state index contributed by atoms with van der Waals surface area (Å²) in [7, 11) is 0. The Morgan fingerprint density at radius 3 is 1.61 bits per heavy atom. The molecule has 1 saturated heterocycles. The molecule has 0 aromatic rings. The third kappa shape index (κ3) is 19.7. The molecule has 0 bridgehead atoms. The Morgan fingerprint density at radius 2 is 1.35 bits per heavy atom. The molecule has 0 unspecified atom stereocenters. The van der Waals surface area contributed by atoms with Crippen LogP contribution in [0, 0.1) is 5.41 Å². The molecule has 0 spiro atoms. The van der Waals surface area contributed by atoms with Gasteiger partial charge in [-0.15, -0.1) is 5.98 Å². The van der Waals surface area contributed by atoms with Crippen molar-refractivity contribution in [2.45, 2.75) is 107 Å². The van der Waals surface area contributed by atoms with Gasteiger partial charge in [-0.1, -0.05) is 93.9 Å². The standard InChI is InChI=1S/C9H19N.C7H15B.C3H8.C2H6/c1-3-9(4-2)5-7-10-8-6-9;1-4-5-6-7-8(2)3;1-3-2;1-2/h10H,3-8H2,1-2H3;6-7H,4-5H2,1-3H3;3H2,1-2H3;1-2H3/b;7-6+;;. The lowest BCUT2D eigenvalue weighted by Gasteiger charge is -2.35. The minimum atomic E-state index is 0.700. The number of hydrogen-bond donors (Lipinski definition) is 1. The van der Waals surface area contributed by atoms with Gasteiger partial charge in [0.25, 0.3) is 0 Å². The maximum absolute atomic E-state index is 3.41. The van der Waals surface area contributed by atoms with Crippen molar-refractivity contribution in [3.63, 3.8) is 0 Å². The first-order chi connectivity index (χ1) is 11.0. The Labute approximate surface area is 150 Å². The topological polar surface area (TPSA) is 12.0 Å². The van der Waals surface area contributed by atoms with Crippen molar-refractivity contribution in [1.82, 2.24) is 5.32 Å². The second kappa shape index (κ2) is 21.8. The van der Waals surface area contributed by atoms with Gasteiger partial charge in [0.05, 0.1) is 0 Å². The van der Waals surface area contributed by atoms with E-state index in [-0.39, 0.29) is 0 Å². The van der Waals surface area contributed by atoms with Crippen molar-refractivity contribution in [3.05, 3.63) is 12.1 Å². The number of rotatable bonds is 5. The molecule has 2 heteroatoms. The molecule has 0 saturated carbocycles. The monoisotopic (exact) mass is 325 g/mol. The lowest BCUT2D eigenvalue weighted by Crippen LogP contribution is -2.35. The first-order valence-electron chi connectivity index (χ1n) is 10.4. The largest absolute Gasteiger partial charge is 0.317 e. The van der Waals surface area contributed by atoms with Crippen molar-refractivity contribution in [2.75, 3.05) is 13.1 Å². The van der Waals surface area contributed by atoms with Gasteiger partial charge in [0, 0.05) is 0 Å². The molecule has 1 fully saturated rings. The number of nitrogens with one attached hydrogen (secondary N) is 1. The number of piperidine rings is 1. The lowest BCUT2D eigenvalue weighted by molar-refractivity contribution is 0.185. The summed E-state index contributed by atoms with van der Waals surface area (Å²) in [4.78, 5) is 0. The zero-order valence-electron chi connectivity index (χ0n) is 18.1. The Kier molecular flexibility index (Phi) is 26.1. The molecule has 0 aliphatic carbocycles. The van der Waals surface area contributed by atoms with Crippen LogP contribution < -0.4 is 5.32 Å². The fraction of sp³-hybridized carbons (Fsp3) is 0.905. The molecular weight excluding hydrogens is 277 g/mol. The highest BCUT2D eigenvalue weighted by atomic mass is 14.9. The third-order valence-electron chi connectivity index (χ3n) is 4.14. The highest BCUT2D eigenvalue weighted by molar-refractivity contribution is 6.61. The van der Waals surface area contributed by atoms with Gasteiger partial charge in [-0.3, -0.25) is 0 Å². The van der Waals surface area contributed by atoms with Crippen LogP contribution in [0.3, 0.4) is 0 Å². The summed E-state index contributed by atoms with van der Waals surface area (Å²) < 4.78 is 0. The summed E-state index contributed by atoms with van der Waals surface area (Å²) in [5.74, 6) is 2.25. The summed E-state index contributed by atoms with van der Waals surface area (Å²) in [6.07, 6.45) is 11.5. The average molecular weight is 325 g/mol. The fourth-order valence-electron chi connectivity index (χ4n) is 2.45. The Morgan fingerprint density at radius 1 is 0.913 bits per heavy atom. The minimum absolute atomic E-state index is 0.700. The quantitative estimate of drug-likeness (QED) is 0.525. The molecule has 0 aromatic heterocycles. The molecule has 23 heavy (non-hydrogen) atoms. The van der Waals surface area contributed by atoms with E-state index in [1.54, 1.807) is 0 Å². The highest BCUT2D eigenvalue weighted by Crippen LogP contribution is 2.35. The molecule has 1 heterocycles. The fourth-order valence-corrected chi connectivity index (χ4v) is 2.45. The molecular formula is C21H48BN. The van der Waals surface area contributed by atoms with Crippen molar-refractivity contribution in [3.8, 4) is 0 Å². The normalized spacial score (nSPS) is 15.3. The van der Waals surface area contributed by atoms with Crippen LogP contribution in [0.25, 0.3) is 0 Å². The summed E-state index contributed by atoms with van der Waals surface area (Å²) in [5.41, 5.74) is 0.700. The Hall–Kier alpha value is -0.235. The van der Waals surface area contributed by atoms with Crippen LogP contribution in [0.5, 0.6) is 0 Å². The van der Waals surface area contributed by atoms with Gasteiger partial charge in [-0.25, -0.2) is 0 Å². The van der Waals surface area contributed by atoms with Crippen molar-refractivity contribution in [1.29, 1.82) is 0 Å². The van der Waals surface area contributed by atoms with E-state index in [4.69, 9.17) is 0 Å². The lowest BCUT2D eigenvalue weighted by atomic mass is 9.55. The Balaban J connectivity index is -0.000000277. The van der Waals surface area contributed by atoms with Crippen molar-refractivity contribution in [2.24, 2.45) is 5.41 Å². The van der Waals surface area contributed by atoms with Gasteiger partial charge in [-0.05, 0) is 37.8 Å². The predicted octanol–water partition coefficient (Wildman–Crippen LogP) is 7.26. The van der Waals surface area contributed by atoms with Gasteiger partial charge in [0.15, 0.2) is 6.71 Å². The number of hydrogen-bond acceptors (Lipinski definition) is 1. The molecule has 1 rings (SSSR count). The zero-order chi connectivity index (χ0) is 18.6. The van der Waals surface area contributed by atoms with E-state index >= 15 is 0 Å². The summed E-state index contributed by atoms with van der Waals surface area (Å²) in [6.45, 7) is 22.7. The smallest absolute Gasteiger partial charge is 0.159 e. The molecule has 0 aromatic carbocycles. The molecule has 140 valence electrons. The first-order valence-corrected chi connectivity index (χ1v) is 10.4. The second-order valence-corrected chi connectivity index (χ2v) is 6.63. The van der Waals surface area contributed by atoms with E-state index in [9.17, 15) is 0 Å². The average Bonchev–Trinajstić information content (AvgIpc) is 2.58. The van der Waals surface area contributed by atoms with Crippen LogP contribution in [0.15, 0.2) is 12.1 Å². The van der Waals surface area contributed by atoms with Gasteiger partial charge in [0.1, 0.15) is 0 Å². The van der Waals surface area contributed by atoms with E-state index < -0.39 is 0 Å². The van der Waals surface area contributed by atoms with E-state index in [0.717, 1.165) is 6.71 Å². The van der Waals surface area contributed by atoms with E-state index in [2.05, 4.69) is 65.6 Å². The van der Waals surface area contributed by atoms with Crippen LogP contribution >= 0.6 is 0 Å². The van der Waals surface area contributed by atoms with Crippen molar-refractivity contribution >= 4 is 6.71 Å². The molecule has 1 aliphatic heterocycles. The molecule has 1 aliphatic rings. The molecule has 0 radical (unpaired) electrons. The summed E-state index contributed by atoms with van der Waals surface area (Å²) in [6, 6.07) is 0. The Bertz CT molecular complexity index is 212. The van der Waals surface area contributed by atoms with Crippen LogP contribution in [0.2, 0.25) is 13.6 Å². The SMILES string of the molecule is CC.CCC.CCC/C=C/B(C)C.CCC1(CC)CCNCC1. The molecule has 0 atom stereocenters. The minimum Gasteiger partial charge on any atom is -0.317 e. The molecule has 1 nitrogen and oxygen atoms in total. The van der Waals surface area contributed by atoms with Crippen LogP contribution in [0.4, 0.5) is 0 Å². The molecule has 0 amide bonds. The van der Waals surface area contributed by atoms with Gasteiger partial charge in [0.2, 0.25) is 0 Å². The number of allylic oxidation sites excluding steroid dienone is 1. The third-order valence-corrected chi connectivity index (χ3v) is 4.14. The van der Waals surface area contributed by atoms with Gasteiger partial charge < -0.3 is 5.32 Å². The van der Waals surface area contributed by atoms with Crippen LogP contribution in [0.1, 0.15) is 93.4 Å². The molecule has 1 N–H and O–H groups in total. The number of unbranched alkanes of at least 4 members (excludes halogenated alkanes) is 1. The predicted molar refractivity (Wildman–Crippen MR) is 114 cm³/mol. The first kappa shape index (κ1) is 27.6. The second-order valence-electron chi connectivity index (χ2n) is 6.63. The maximum atomic E-state index is 3.41. The highest BCUT2D eigenvalue weighted by Gasteiger charge is 2.27.